The van der Waals surface area contributed by atoms with E-state index in [1.807, 2.05) is 24.3 Å². The average molecular weight is 1110 g/mol. The van der Waals surface area contributed by atoms with Gasteiger partial charge in [-0.1, -0.05) is 71.7 Å². The first-order valence-electron chi connectivity index (χ1n) is 21.5. The van der Waals surface area contributed by atoms with E-state index < -0.39 is 25.5 Å². The maximum absolute atomic E-state index is 13.3. The number of nitrogens with zero attached hydrogens (tertiary/aromatic N) is 8. The molecule has 8 aromatic rings. The van der Waals surface area contributed by atoms with E-state index in [1.54, 1.807) is 94.8 Å². The predicted octanol–water partition coefficient (Wildman–Crippen LogP) is 10.5. The van der Waals surface area contributed by atoms with Gasteiger partial charge in [0.15, 0.2) is 26.4 Å². The number of ether oxygens (including phenoxy) is 2. The molecule has 73 heavy (non-hydrogen) atoms. The summed E-state index contributed by atoms with van der Waals surface area (Å²) in [6.07, 6.45) is 3.44. The summed E-state index contributed by atoms with van der Waals surface area (Å²) < 4.78 is 38.1. The van der Waals surface area contributed by atoms with Gasteiger partial charge in [-0.05, 0) is 102 Å². The minimum atomic E-state index is -3.77. The fourth-order valence-corrected chi connectivity index (χ4v) is 8.62. The molecule has 2 N–H and O–H groups in total. The Morgan fingerprint density at radius 3 is 1.42 bits per heavy atom. The van der Waals surface area contributed by atoms with Crippen LogP contribution in [0.5, 0.6) is 11.5 Å². The zero-order chi connectivity index (χ0) is 52.7. The predicted molar refractivity (Wildman–Crippen MR) is 277 cm³/mol. The van der Waals surface area contributed by atoms with E-state index in [4.69, 9.17) is 32.7 Å². The van der Waals surface area contributed by atoms with Crippen molar-refractivity contribution in [2.24, 2.45) is 0 Å². The van der Waals surface area contributed by atoms with Crippen LogP contribution in [0.3, 0.4) is 0 Å². The molecule has 0 atom stereocenters. The third-order valence-electron chi connectivity index (χ3n) is 11.1. The number of ketones is 2. The van der Waals surface area contributed by atoms with E-state index in [-0.39, 0.29) is 84.0 Å². The van der Waals surface area contributed by atoms with Crippen LogP contribution in [0.25, 0.3) is 0 Å². The maximum atomic E-state index is 13.3. The Kier molecular flexibility index (Phi) is 16.3. The number of nitro groups is 2. The molecular weight excluding hydrogens is 1070 g/mol. The first-order chi connectivity index (χ1) is 34.8. The number of carbonyl (C=O) groups excluding carboxylic acids is 2. The van der Waals surface area contributed by atoms with Crippen molar-refractivity contribution < 1.29 is 37.3 Å². The lowest BCUT2D eigenvalue weighted by Gasteiger charge is -2.12. The lowest BCUT2D eigenvalue weighted by molar-refractivity contribution is -0.384. The van der Waals surface area contributed by atoms with Crippen LogP contribution in [0.1, 0.15) is 54.4 Å². The molecular formula is C49H41BrCl2N10O10S. The molecule has 0 aliphatic carbocycles. The van der Waals surface area contributed by atoms with Crippen molar-refractivity contribution in [3.05, 3.63) is 201 Å². The van der Waals surface area contributed by atoms with Crippen molar-refractivity contribution in [1.82, 2.24) is 29.5 Å². The second kappa shape index (κ2) is 22.6. The molecule has 0 saturated carbocycles. The Morgan fingerprint density at radius 2 is 1.04 bits per heavy atom. The Bertz CT molecular complexity index is 3540. The Hall–Kier alpha value is -8.05. The van der Waals surface area contributed by atoms with Gasteiger partial charge in [0.1, 0.15) is 27.5 Å². The number of aromatic nitrogens is 6. The Morgan fingerprint density at radius 1 is 0.644 bits per heavy atom. The average Bonchev–Trinajstić information content (AvgIpc) is 3.84. The van der Waals surface area contributed by atoms with Crippen LogP contribution in [0.4, 0.5) is 34.4 Å². The van der Waals surface area contributed by atoms with Crippen molar-refractivity contribution in [2.75, 3.05) is 31.1 Å². The van der Waals surface area contributed by atoms with Crippen LogP contribution >= 0.6 is 39.1 Å². The summed E-state index contributed by atoms with van der Waals surface area (Å²) in [6, 6.07) is 30.1. The summed E-state index contributed by atoms with van der Waals surface area (Å²) in [5.74, 6) is 0.276. The zero-order valence-electron chi connectivity index (χ0n) is 39.2. The van der Waals surface area contributed by atoms with Gasteiger partial charge in [-0.15, -0.1) is 10.2 Å². The standard InChI is InChI=1S/C25H22ClN5O6S.C24H19BrClN5O4/c1-15-23(31(33)34)25(29-30(15)14-16-8-10-17(37-2)11-9-16)28-21-12-22(38(3,35)36)27-13-19(21)24(32)18-6-4-5-7-20(18)26;1-14-22(31(33)34)24(29-30(14)13-15-7-9-16(35-2)10-8-15)28-20-11-21(25)27-12-18(20)23(32)17-5-3-4-6-19(17)26/h4-13H,14H2,1-3H3,(H,27,28,29);3-12H,13H2,1-2H3,(H,27,28,29). The summed E-state index contributed by atoms with van der Waals surface area (Å²) in [6.45, 7) is 3.70. The third-order valence-corrected chi connectivity index (χ3v) is 13.1. The van der Waals surface area contributed by atoms with E-state index in [0.29, 0.717) is 34.0 Å². The third kappa shape index (κ3) is 12.2. The van der Waals surface area contributed by atoms with Gasteiger partial charge in [0.2, 0.25) is 11.6 Å². The number of benzene rings is 4. The fourth-order valence-electron chi connectivity index (χ4n) is 7.27. The van der Waals surface area contributed by atoms with E-state index >= 15 is 0 Å². The normalized spacial score (nSPS) is 11.0. The monoisotopic (exact) mass is 1110 g/mol. The largest absolute Gasteiger partial charge is 0.497 e. The van der Waals surface area contributed by atoms with Crippen LogP contribution in [-0.4, -0.2) is 79.8 Å². The molecule has 0 amide bonds. The van der Waals surface area contributed by atoms with Gasteiger partial charge >= 0.3 is 11.4 Å². The minimum Gasteiger partial charge on any atom is -0.497 e. The molecule has 374 valence electrons. The first-order valence-corrected chi connectivity index (χ1v) is 24.9. The molecule has 24 heteroatoms. The second-order valence-corrected chi connectivity index (χ2v) is 19.4. The van der Waals surface area contributed by atoms with Gasteiger partial charge in [-0.3, -0.25) is 39.2 Å². The molecule has 4 aromatic carbocycles. The molecule has 8 rings (SSSR count). The van der Waals surface area contributed by atoms with Gasteiger partial charge in [0, 0.05) is 29.8 Å². The van der Waals surface area contributed by atoms with Gasteiger partial charge in [0.05, 0.1) is 69.7 Å². The van der Waals surface area contributed by atoms with E-state index in [1.165, 1.54) is 27.7 Å². The quantitative estimate of drug-likeness (QED) is 0.0372. The van der Waals surface area contributed by atoms with Crippen molar-refractivity contribution >= 4 is 94.9 Å². The number of pyridine rings is 2. The topological polar surface area (TPSA) is 258 Å². The highest BCUT2D eigenvalue weighted by Crippen LogP contribution is 2.36. The highest BCUT2D eigenvalue weighted by atomic mass is 79.9. The molecule has 0 aliphatic rings. The number of rotatable bonds is 17. The van der Waals surface area contributed by atoms with Crippen LogP contribution in [-0.2, 0) is 22.9 Å². The lowest BCUT2D eigenvalue weighted by atomic mass is 10.0. The molecule has 0 fully saturated rings. The molecule has 0 radical (unpaired) electrons. The lowest BCUT2D eigenvalue weighted by Crippen LogP contribution is -2.10. The molecule has 0 unspecified atom stereocenters. The highest BCUT2D eigenvalue weighted by molar-refractivity contribution is 9.10. The van der Waals surface area contributed by atoms with Crippen LogP contribution in [0.15, 0.2) is 131 Å². The fraction of sp³-hybridized carbons (Fsp3) is 0.143. The maximum Gasteiger partial charge on any atom is 0.334 e. The molecule has 0 saturated heterocycles. The Labute approximate surface area is 435 Å². The summed E-state index contributed by atoms with van der Waals surface area (Å²) in [5, 5.41) is 38.7. The molecule has 20 nitrogen and oxygen atoms in total. The number of hydrogen-bond donors (Lipinski definition) is 2. The van der Waals surface area contributed by atoms with Gasteiger partial charge in [0.25, 0.3) is 0 Å². The van der Waals surface area contributed by atoms with Crippen LogP contribution in [0.2, 0.25) is 10.0 Å². The SMILES string of the molecule is COc1ccc(Cn2nc(Nc3cc(Br)ncc3C(=O)c3ccccc3Cl)c([N+](=O)[O-])c2C)cc1.COc1ccc(Cn2nc(Nc3cc(S(C)(=O)=O)ncc3C(=O)c3ccccc3Cl)c([N+](=O)[O-])c2C)cc1. The van der Waals surface area contributed by atoms with E-state index in [0.717, 1.165) is 29.6 Å². The smallest absolute Gasteiger partial charge is 0.334 e. The molecule has 0 bridgehead atoms. The summed E-state index contributed by atoms with van der Waals surface area (Å²) in [5.41, 5.74) is 2.67. The molecule has 4 aromatic heterocycles. The number of nitrogens with one attached hydrogen (secondary N) is 2. The zero-order valence-corrected chi connectivity index (χ0v) is 43.1. The number of halogens is 3. The Balaban J connectivity index is 0.000000214. The number of methoxy groups -OCH3 is 2. The summed E-state index contributed by atoms with van der Waals surface area (Å²) >= 11 is 15.7. The van der Waals surface area contributed by atoms with Crippen molar-refractivity contribution in [2.45, 2.75) is 32.0 Å². The van der Waals surface area contributed by atoms with Gasteiger partial charge in [-0.2, -0.15) is 0 Å². The van der Waals surface area contributed by atoms with Gasteiger partial charge in [-0.25, -0.2) is 18.4 Å². The van der Waals surface area contributed by atoms with Crippen molar-refractivity contribution in [3.8, 4) is 11.5 Å². The molecule has 0 spiro atoms. The summed E-state index contributed by atoms with van der Waals surface area (Å²) in [4.78, 5) is 57.5. The second-order valence-electron chi connectivity index (χ2n) is 15.9. The number of carbonyl (C=O) groups is 2. The van der Waals surface area contributed by atoms with Crippen molar-refractivity contribution in [3.63, 3.8) is 0 Å². The van der Waals surface area contributed by atoms with Crippen LogP contribution < -0.4 is 20.1 Å². The first kappa shape index (κ1) is 52.8. The van der Waals surface area contributed by atoms with Crippen LogP contribution in [0, 0.1) is 34.1 Å². The number of anilines is 4. The number of hydrogen-bond acceptors (Lipinski definition) is 16. The molecule has 0 aliphatic heterocycles. The molecule has 4 heterocycles. The van der Waals surface area contributed by atoms with E-state index in [9.17, 15) is 38.2 Å². The van der Waals surface area contributed by atoms with Gasteiger partial charge < -0.3 is 20.1 Å². The van der Waals surface area contributed by atoms with Crippen molar-refractivity contribution in [1.29, 1.82) is 0 Å². The summed E-state index contributed by atoms with van der Waals surface area (Å²) in [7, 11) is -0.639. The minimum absolute atomic E-state index is 0.00678. The number of sulfone groups is 1. The highest BCUT2D eigenvalue weighted by Gasteiger charge is 2.30. The van der Waals surface area contributed by atoms with E-state index in [2.05, 4.69) is 46.7 Å².